The van der Waals surface area contributed by atoms with Gasteiger partial charge in [0.25, 0.3) is 5.91 Å². The van der Waals surface area contributed by atoms with Crippen LogP contribution in [-0.2, 0) is 4.79 Å². The van der Waals surface area contributed by atoms with E-state index in [1.807, 2.05) is 18.0 Å². The second kappa shape index (κ2) is 7.49. The Labute approximate surface area is 158 Å². The number of nitrogens with zero attached hydrogens (tertiary/aromatic N) is 4. The lowest BCUT2D eigenvalue weighted by atomic mass is 10.1. The Kier molecular flexibility index (Phi) is 5.12. The number of anilines is 3. The molecule has 2 aromatic rings. The summed E-state index contributed by atoms with van der Waals surface area (Å²) >= 11 is 0. The normalized spacial score (nSPS) is 13.0. The molecule has 2 amide bonds. The summed E-state index contributed by atoms with van der Waals surface area (Å²) in [6, 6.07) is 10.5. The van der Waals surface area contributed by atoms with Crippen molar-refractivity contribution >= 4 is 29.0 Å². The number of hydrogen-bond acceptors (Lipinski definition) is 5. The largest absolute Gasteiger partial charge is 0.481 e. The third-order valence-corrected chi connectivity index (χ3v) is 4.60. The van der Waals surface area contributed by atoms with Crippen LogP contribution in [-0.4, -0.2) is 51.1 Å². The number of carbonyl (C=O) groups excluding carboxylic acids is 2. The molecular weight excluding hydrogens is 344 g/mol. The molecule has 2 heterocycles. The minimum Gasteiger partial charge on any atom is -0.481 e. The fourth-order valence-corrected chi connectivity index (χ4v) is 2.96. The van der Waals surface area contributed by atoms with E-state index in [2.05, 4.69) is 11.6 Å². The first-order valence-corrected chi connectivity index (χ1v) is 8.54. The first-order valence-electron chi connectivity index (χ1n) is 8.54. The third-order valence-electron chi connectivity index (χ3n) is 4.60. The summed E-state index contributed by atoms with van der Waals surface area (Å²) in [6.45, 7) is 4.72. The molecule has 1 aliphatic heterocycles. The van der Waals surface area contributed by atoms with E-state index < -0.39 is 0 Å². The van der Waals surface area contributed by atoms with Gasteiger partial charge in [-0.25, -0.2) is 0 Å². The number of aromatic nitrogens is 1. The van der Waals surface area contributed by atoms with E-state index in [4.69, 9.17) is 4.74 Å². The number of likely N-dealkylation sites (N-methyl/N-ethyl adjacent to an activating group) is 2. The Morgan fingerprint density at radius 2 is 1.89 bits per heavy atom. The molecule has 0 radical (unpaired) electrons. The standard InChI is InChI=1S/C20H22N4O3/c1-5-18(25)23(3)15-8-6-14(7-9-15)20(26)24-13-12-22(2)19-16(24)10-11-17(21-19)27-4/h5-11H,1,12-13H2,2-4H3. The molecule has 0 unspecified atom stereocenters. The number of ether oxygens (including phenoxy) is 1. The molecule has 0 N–H and O–H groups in total. The molecule has 1 aromatic heterocycles. The molecule has 140 valence electrons. The molecule has 7 heteroatoms. The number of fused-ring (bicyclic) bond motifs is 1. The van der Waals surface area contributed by atoms with Crippen molar-refractivity contribution in [1.82, 2.24) is 4.98 Å². The van der Waals surface area contributed by atoms with Crippen LogP contribution in [0.25, 0.3) is 0 Å². The second-order valence-corrected chi connectivity index (χ2v) is 6.22. The summed E-state index contributed by atoms with van der Waals surface area (Å²) < 4.78 is 5.19. The second-order valence-electron chi connectivity index (χ2n) is 6.22. The summed E-state index contributed by atoms with van der Waals surface area (Å²) in [5.41, 5.74) is 1.99. The molecule has 0 saturated heterocycles. The maximum Gasteiger partial charge on any atom is 0.258 e. The molecule has 27 heavy (non-hydrogen) atoms. The van der Waals surface area contributed by atoms with E-state index >= 15 is 0 Å². The lowest BCUT2D eigenvalue weighted by molar-refractivity contribution is -0.113. The first kappa shape index (κ1) is 18.4. The Morgan fingerprint density at radius 3 is 2.52 bits per heavy atom. The van der Waals surface area contributed by atoms with Gasteiger partial charge in [0.15, 0.2) is 5.82 Å². The molecule has 1 aliphatic rings. The summed E-state index contributed by atoms with van der Waals surface area (Å²) in [7, 11) is 5.17. The van der Waals surface area contributed by atoms with Crippen molar-refractivity contribution in [3.8, 4) is 5.88 Å². The number of rotatable bonds is 4. The van der Waals surface area contributed by atoms with Crippen LogP contribution < -0.4 is 19.4 Å². The van der Waals surface area contributed by atoms with Crippen LogP contribution in [0.15, 0.2) is 49.1 Å². The predicted octanol–water partition coefficient (Wildman–Crippen LogP) is 2.34. The van der Waals surface area contributed by atoms with Gasteiger partial charge < -0.3 is 19.4 Å². The van der Waals surface area contributed by atoms with Gasteiger partial charge >= 0.3 is 0 Å². The fourth-order valence-electron chi connectivity index (χ4n) is 2.96. The zero-order chi connectivity index (χ0) is 19.6. The monoisotopic (exact) mass is 366 g/mol. The zero-order valence-electron chi connectivity index (χ0n) is 15.7. The van der Waals surface area contributed by atoms with E-state index in [0.717, 1.165) is 5.69 Å². The highest BCUT2D eigenvalue weighted by Gasteiger charge is 2.27. The van der Waals surface area contributed by atoms with E-state index in [1.54, 1.807) is 49.4 Å². The summed E-state index contributed by atoms with van der Waals surface area (Å²) in [4.78, 5) is 34.4. The highest BCUT2D eigenvalue weighted by molar-refractivity contribution is 6.08. The molecule has 0 saturated carbocycles. The van der Waals surface area contributed by atoms with E-state index in [0.29, 0.717) is 36.0 Å². The van der Waals surface area contributed by atoms with Gasteiger partial charge in [-0.05, 0) is 36.4 Å². The molecule has 1 aromatic carbocycles. The van der Waals surface area contributed by atoms with Crippen molar-refractivity contribution in [3.63, 3.8) is 0 Å². The van der Waals surface area contributed by atoms with Crippen LogP contribution in [0.1, 0.15) is 10.4 Å². The smallest absolute Gasteiger partial charge is 0.258 e. The Morgan fingerprint density at radius 1 is 1.19 bits per heavy atom. The van der Waals surface area contributed by atoms with Crippen molar-refractivity contribution in [1.29, 1.82) is 0 Å². The van der Waals surface area contributed by atoms with Gasteiger partial charge in [-0.15, -0.1) is 0 Å². The van der Waals surface area contributed by atoms with E-state index in [-0.39, 0.29) is 11.8 Å². The number of benzene rings is 1. The highest BCUT2D eigenvalue weighted by atomic mass is 16.5. The summed E-state index contributed by atoms with van der Waals surface area (Å²) in [5.74, 6) is 0.902. The zero-order valence-corrected chi connectivity index (χ0v) is 15.7. The molecule has 0 atom stereocenters. The fraction of sp³-hybridized carbons (Fsp3) is 0.250. The van der Waals surface area contributed by atoms with Gasteiger partial charge in [-0.3, -0.25) is 9.59 Å². The average Bonchev–Trinajstić information content (AvgIpc) is 2.72. The van der Waals surface area contributed by atoms with Crippen molar-refractivity contribution in [2.24, 2.45) is 0 Å². The Hall–Kier alpha value is -3.35. The van der Waals surface area contributed by atoms with Crippen LogP contribution in [0.4, 0.5) is 17.2 Å². The van der Waals surface area contributed by atoms with Gasteiger partial charge in [-0.2, -0.15) is 4.98 Å². The van der Waals surface area contributed by atoms with Crippen LogP contribution in [0.3, 0.4) is 0 Å². The molecule has 0 bridgehead atoms. The molecule has 7 nitrogen and oxygen atoms in total. The maximum absolute atomic E-state index is 13.0. The van der Waals surface area contributed by atoms with Crippen LogP contribution >= 0.6 is 0 Å². The SMILES string of the molecule is C=CC(=O)N(C)c1ccc(C(=O)N2CCN(C)c3nc(OC)ccc32)cc1. The number of pyridine rings is 1. The summed E-state index contributed by atoms with van der Waals surface area (Å²) in [6.07, 6.45) is 1.25. The van der Waals surface area contributed by atoms with E-state index in [9.17, 15) is 9.59 Å². The first-order chi connectivity index (χ1) is 13.0. The molecule has 0 spiro atoms. The Balaban J connectivity index is 1.88. The van der Waals surface area contributed by atoms with E-state index in [1.165, 1.54) is 11.0 Å². The minimum absolute atomic E-state index is 0.111. The summed E-state index contributed by atoms with van der Waals surface area (Å²) in [5, 5.41) is 0. The van der Waals surface area contributed by atoms with Crippen molar-refractivity contribution in [2.45, 2.75) is 0 Å². The lowest BCUT2D eigenvalue weighted by Crippen LogP contribution is -2.43. The van der Waals surface area contributed by atoms with Crippen molar-refractivity contribution in [3.05, 3.63) is 54.6 Å². The Bertz CT molecular complexity index is 879. The average molecular weight is 366 g/mol. The molecular formula is C20H22N4O3. The lowest BCUT2D eigenvalue weighted by Gasteiger charge is -2.34. The molecule has 0 fully saturated rings. The van der Waals surface area contributed by atoms with Crippen LogP contribution in [0.2, 0.25) is 0 Å². The van der Waals surface area contributed by atoms with Crippen molar-refractivity contribution in [2.75, 3.05) is 49.0 Å². The minimum atomic E-state index is -0.206. The third kappa shape index (κ3) is 3.48. The number of amides is 2. The van der Waals surface area contributed by atoms with Gasteiger partial charge in [0, 0.05) is 44.5 Å². The number of hydrogen-bond donors (Lipinski definition) is 0. The number of methoxy groups -OCH3 is 1. The van der Waals surface area contributed by atoms with Gasteiger partial charge in [-0.1, -0.05) is 6.58 Å². The van der Waals surface area contributed by atoms with Crippen LogP contribution in [0.5, 0.6) is 5.88 Å². The number of carbonyl (C=O) groups is 2. The topological polar surface area (TPSA) is 66.0 Å². The van der Waals surface area contributed by atoms with Crippen molar-refractivity contribution < 1.29 is 14.3 Å². The highest BCUT2D eigenvalue weighted by Crippen LogP contribution is 2.33. The van der Waals surface area contributed by atoms with Gasteiger partial charge in [0.2, 0.25) is 11.8 Å². The van der Waals surface area contributed by atoms with Gasteiger partial charge in [0.05, 0.1) is 12.8 Å². The predicted molar refractivity (Wildman–Crippen MR) is 106 cm³/mol. The van der Waals surface area contributed by atoms with Crippen LogP contribution in [0, 0.1) is 0 Å². The quantitative estimate of drug-likeness (QED) is 0.777. The van der Waals surface area contributed by atoms with Gasteiger partial charge in [0.1, 0.15) is 0 Å². The molecule has 0 aliphatic carbocycles. The molecule has 3 rings (SSSR count). The maximum atomic E-state index is 13.0.